The number of hydrogen-bond acceptors (Lipinski definition) is 5. The molecule has 0 unspecified atom stereocenters. The summed E-state index contributed by atoms with van der Waals surface area (Å²) in [5, 5.41) is 0. The van der Waals surface area contributed by atoms with E-state index < -0.39 is 6.09 Å². The highest BCUT2D eigenvalue weighted by molar-refractivity contribution is 5.72. The summed E-state index contributed by atoms with van der Waals surface area (Å²) in [4.78, 5) is 17.8. The highest BCUT2D eigenvalue weighted by atomic mass is 16.6. The predicted octanol–water partition coefficient (Wildman–Crippen LogP) is 2.72. The molecule has 0 aliphatic heterocycles. The summed E-state index contributed by atoms with van der Waals surface area (Å²) in [6.07, 6.45) is -0.581. The number of carbonyl (C=O) groups is 1. The van der Waals surface area contributed by atoms with Crippen molar-refractivity contribution in [2.24, 2.45) is 0 Å². The summed E-state index contributed by atoms with van der Waals surface area (Å²) >= 11 is 0. The van der Waals surface area contributed by atoms with Gasteiger partial charge in [-0.25, -0.2) is 9.78 Å². The smallest absolute Gasteiger partial charge is 0.415 e. The van der Waals surface area contributed by atoms with Crippen LogP contribution in [-0.4, -0.2) is 42.3 Å². The SMILES string of the molecule is [2H]c1cc(OC(=O)N(C(C)C)C(C)C)c(OC)c(OC)n1. The van der Waals surface area contributed by atoms with Crippen LogP contribution in [0, 0.1) is 0 Å². The first-order valence-corrected chi connectivity index (χ1v) is 6.41. The van der Waals surface area contributed by atoms with E-state index in [0.717, 1.165) is 0 Å². The van der Waals surface area contributed by atoms with Gasteiger partial charge in [-0.3, -0.25) is 0 Å². The molecule has 20 heavy (non-hydrogen) atoms. The summed E-state index contributed by atoms with van der Waals surface area (Å²) in [6, 6.07) is 1.29. The van der Waals surface area contributed by atoms with Crippen LogP contribution in [-0.2, 0) is 0 Å². The van der Waals surface area contributed by atoms with Crippen LogP contribution in [0.15, 0.2) is 12.2 Å². The standard InChI is InChI=1S/C14H22N2O4/c1-9(2)16(10(3)4)14(17)20-11-7-8-15-13(19-6)12(11)18-5/h7-10H,1-6H3/i8D. The molecule has 0 aliphatic rings. The van der Waals surface area contributed by atoms with Crippen molar-refractivity contribution >= 4 is 6.09 Å². The summed E-state index contributed by atoms with van der Waals surface area (Å²) in [6.45, 7) is 7.62. The lowest BCUT2D eigenvalue weighted by Gasteiger charge is -2.29. The molecule has 0 saturated carbocycles. The number of rotatable bonds is 5. The zero-order valence-electron chi connectivity index (χ0n) is 13.8. The van der Waals surface area contributed by atoms with E-state index in [1.807, 2.05) is 27.7 Å². The van der Waals surface area contributed by atoms with Gasteiger partial charge in [-0.1, -0.05) is 0 Å². The second-order valence-electron chi connectivity index (χ2n) is 4.75. The van der Waals surface area contributed by atoms with Gasteiger partial charge < -0.3 is 19.1 Å². The van der Waals surface area contributed by atoms with Gasteiger partial charge in [-0.2, -0.15) is 0 Å². The van der Waals surface area contributed by atoms with E-state index in [1.54, 1.807) is 4.90 Å². The molecule has 1 aromatic rings. The van der Waals surface area contributed by atoms with Gasteiger partial charge in [-0.05, 0) is 27.7 Å². The Hall–Kier alpha value is -1.98. The number of hydrogen-bond donors (Lipinski definition) is 0. The lowest BCUT2D eigenvalue weighted by atomic mass is 10.2. The molecule has 1 rings (SSSR count). The van der Waals surface area contributed by atoms with E-state index >= 15 is 0 Å². The first-order chi connectivity index (χ1) is 9.81. The number of carbonyl (C=O) groups excluding carboxylic acids is 1. The van der Waals surface area contributed by atoms with Gasteiger partial charge in [0.1, 0.15) is 0 Å². The lowest BCUT2D eigenvalue weighted by molar-refractivity contribution is 0.121. The molecule has 0 N–H and O–H groups in total. The number of pyridine rings is 1. The van der Waals surface area contributed by atoms with Crippen LogP contribution in [0.3, 0.4) is 0 Å². The first kappa shape index (κ1) is 14.4. The van der Waals surface area contributed by atoms with Crippen molar-refractivity contribution in [2.75, 3.05) is 14.2 Å². The van der Waals surface area contributed by atoms with E-state index in [0.29, 0.717) is 0 Å². The van der Waals surface area contributed by atoms with Gasteiger partial charge in [0, 0.05) is 24.3 Å². The fourth-order valence-corrected chi connectivity index (χ4v) is 1.94. The van der Waals surface area contributed by atoms with Gasteiger partial charge in [0.25, 0.3) is 5.88 Å². The first-order valence-electron chi connectivity index (χ1n) is 6.91. The Morgan fingerprint density at radius 3 is 2.30 bits per heavy atom. The molecule has 6 heteroatoms. The molecule has 1 amide bonds. The summed E-state index contributed by atoms with van der Waals surface area (Å²) < 4.78 is 23.2. The Kier molecular flexibility index (Phi) is 5.03. The minimum Gasteiger partial charge on any atom is -0.489 e. The lowest BCUT2D eigenvalue weighted by Crippen LogP contribution is -2.43. The van der Waals surface area contributed by atoms with Gasteiger partial charge >= 0.3 is 6.09 Å². The average Bonchev–Trinajstić information content (AvgIpc) is 2.36. The van der Waals surface area contributed by atoms with Crippen LogP contribution < -0.4 is 14.2 Å². The molecule has 0 atom stereocenters. The summed E-state index contributed by atoms with van der Waals surface area (Å²) in [5.41, 5.74) is 0. The zero-order valence-corrected chi connectivity index (χ0v) is 12.8. The third-order valence-corrected chi connectivity index (χ3v) is 2.70. The number of aromatic nitrogens is 1. The molecule has 6 nitrogen and oxygen atoms in total. The van der Waals surface area contributed by atoms with Crippen molar-refractivity contribution in [1.29, 1.82) is 0 Å². The van der Waals surface area contributed by atoms with Crippen molar-refractivity contribution in [3.05, 3.63) is 12.2 Å². The molecule has 0 radical (unpaired) electrons. The van der Waals surface area contributed by atoms with Gasteiger partial charge in [-0.15, -0.1) is 0 Å². The van der Waals surface area contributed by atoms with Crippen molar-refractivity contribution in [2.45, 2.75) is 39.8 Å². The topological polar surface area (TPSA) is 60.9 Å². The predicted molar refractivity (Wildman–Crippen MR) is 75.5 cm³/mol. The third kappa shape index (κ3) is 3.53. The normalized spacial score (nSPS) is 11.3. The minimum absolute atomic E-state index is 0.0114. The Balaban J connectivity index is 3.12. The Labute approximate surface area is 121 Å². The van der Waals surface area contributed by atoms with E-state index in [-0.39, 0.29) is 35.6 Å². The zero-order chi connectivity index (χ0) is 16.2. The molecular weight excluding hydrogens is 260 g/mol. The van der Waals surface area contributed by atoms with Crippen LogP contribution in [0.2, 0.25) is 0 Å². The van der Waals surface area contributed by atoms with Crippen LogP contribution in [0.1, 0.15) is 29.1 Å². The number of amides is 1. The van der Waals surface area contributed by atoms with Crippen LogP contribution in [0.5, 0.6) is 17.4 Å². The van der Waals surface area contributed by atoms with Gasteiger partial charge in [0.2, 0.25) is 5.75 Å². The van der Waals surface area contributed by atoms with Gasteiger partial charge in [0.15, 0.2) is 5.75 Å². The Morgan fingerprint density at radius 2 is 1.85 bits per heavy atom. The molecule has 0 spiro atoms. The quantitative estimate of drug-likeness (QED) is 0.831. The fourth-order valence-electron chi connectivity index (χ4n) is 1.94. The second kappa shape index (κ2) is 6.98. The maximum atomic E-state index is 12.3. The second-order valence-corrected chi connectivity index (χ2v) is 4.75. The van der Waals surface area contributed by atoms with Crippen LogP contribution >= 0.6 is 0 Å². The Bertz CT molecular complexity index is 498. The molecule has 0 aromatic carbocycles. The number of nitrogens with zero attached hydrogens (tertiary/aromatic N) is 2. The molecule has 0 fully saturated rings. The van der Waals surface area contributed by atoms with Crippen molar-refractivity contribution in [1.82, 2.24) is 9.88 Å². The maximum Gasteiger partial charge on any atom is 0.415 e. The highest BCUT2D eigenvalue weighted by Gasteiger charge is 2.24. The molecule has 0 saturated heterocycles. The monoisotopic (exact) mass is 283 g/mol. The van der Waals surface area contributed by atoms with Crippen LogP contribution in [0.25, 0.3) is 0 Å². The van der Waals surface area contributed by atoms with Crippen LogP contribution in [0.4, 0.5) is 4.79 Å². The van der Waals surface area contributed by atoms with E-state index in [1.165, 1.54) is 20.3 Å². The molecule has 1 heterocycles. The van der Waals surface area contributed by atoms with Crippen molar-refractivity contribution in [3.63, 3.8) is 0 Å². The van der Waals surface area contributed by atoms with Crippen molar-refractivity contribution in [3.8, 4) is 17.4 Å². The molecular formula is C14H22N2O4. The summed E-state index contributed by atoms with van der Waals surface area (Å²) in [7, 11) is 2.83. The van der Waals surface area contributed by atoms with E-state index in [9.17, 15) is 4.79 Å². The van der Waals surface area contributed by atoms with E-state index in [4.69, 9.17) is 15.6 Å². The maximum absolute atomic E-state index is 12.3. The number of methoxy groups -OCH3 is 2. The highest BCUT2D eigenvalue weighted by Crippen LogP contribution is 2.35. The third-order valence-electron chi connectivity index (χ3n) is 2.70. The molecule has 112 valence electrons. The average molecular weight is 283 g/mol. The molecule has 0 bridgehead atoms. The minimum atomic E-state index is -0.508. The molecule has 1 aromatic heterocycles. The van der Waals surface area contributed by atoms with Gasteiger partial charge in [0.05, 0.1) is 15.6 Å². The van der Waals surface area contributed by atoms with Crippen molar-refractivity contribution < 1.29 is 20.4 Å². The fraction of sp³-hybridized carbons (Fsp3) is 0.571. The summed E-state index contributed by atoms with van der Waals surface area (Å²) in [5.74, 6) is 0.411. The number of ether oxygens (including phenoxy) is 3. The largest absolute Gasteiger partial charge is 0.489 e. The molecule has 0 aliphatic carbocycles. The Morgan fingerprint density at radius 1 is 1.25 bits per heavy atom. The van der Waals surface area contributed by atoms with E-state index in [2.05, 4.69) is 4.98 Å².